The average Bonchev–Trinajstić information content (AvgIpc) is 2.26. The highest BCUT2D eigenvalue weighted by molar-refractivity contribution is 5.82. The van der Waals surface area contributed by atoms with Crippen LogP contribution in [0.3, 0.4) is 0 Å². The van der Waals surface area contributed by atoms with Crippen molar-refractivity contribution in [3.8, 4) is 0 Å². The molecule has 0 saturated carbocycles. The first-order chi connectivity index (χ1) is 7.06. The summed E-state index contributed by atoms with van der Waals surface area (Å²) < 4.78 is 5.01. The Hall–Kier alpha value is -0.610. The Kier molecular flexibility index (Phi) is 7.34. The molecule has 4 nitrogen and oxygen atoms in total. The molecule has 0 aliphatic rings. The second-order valence-corrected chi connectivity index (χ2v) is 3.98. The summed E-state index contributed by atoms with van der Waals surface area (Å²) in [5.74, 6) is 0.137. The standard InChI is InChI=1S/C11H24N2O2/c1-5-8(3)10(12)11(14)13-9(6-2)7-15-4/h8-10H,5-7,12H2,1-4H3,(H,13,14)/t8?,9?,10-/m0/s1. The van der Waals surface area contributed by atoms with Gasteiger partial charge in [0, 0.05) is 7.11 Å². The van der Waals surface area contributed by atoms with Gasteiger partial charge in [0.1, 0.15) is 0 Å². The smallest absolute Gasteiger partial charge is 0.237 e. The lowest BCUT2D eigenvalue weighted by Crippen LogP contribution is -2.49. The maximum absolute atomic E-state index is 11.7. The minimum atomic E-state index is -0.416. The van der Waals surface area contributed by atoms with Crippen molar-refractivity contribution in [2.45, 2.75) is 45.7 Å². The van der Waals surface area contributed by atoms with Crippen LogP contribution in [0.1, 0.15) is 33.6 Å². The Morgan fingerprint density at radius 3 is 2.40 bits per heavy atom. The Bertz CT molecular complexity index is 185. The number of nitrogens with two attached hydrogens (primary N) is 1. The largest absolute Gasteiger partial charge is 0.383 e. The van der Waals surface area contributed by atoms with Gasteiger partial charge in [-0.3, -0.25) is 4.79 Å². The van der Waals surface area contributed by atoms with Crippen molar-refractivity contribution in [2.75, 3.05) is 13.7 Å². The molecule has 0 aromatic heterocycles. The van der Waals surface area contributed by atoms with Crippen molar-refractivity contribution in [1.82, 2.24) is 5.32 Å². The van der Waals surface area contributed by atoms with Crippen molar-refractivity contribution in [3.05, 3.63) is 0 Å². The van der Waals surface area contributed by atoms with Gasteiger partial charge in [0.15, 0.2) is 0 Å². The van der Waals surface area contributed by atoms with E-state index in [4.69, 9.17) is 10.5 Å². The maximum atomic E-state index is 11.7. The van der Waals surface area contributed by atoms with E-state index in [2.05, 4.69) is 5.32 Å². The van der Waals surface area contributed by atoms with Gasteiger partial charge in [0.2, 0.25) is 5.91 Å². The van der Waals surface area contributed by atoms with Crippen molar-refractivity contribution < 1.29 is 9.53 Å². The Balaban J connectivity index is 4.09. The van der Waals surface area contributed by atoms with Crippen molar-refractivity contribution in [3.63, 3.8) is 0 Å². The number of hydrogen-bond donors (Lipinski definition) is 2. The van der Waals surface area contributed by atoms with Gasteiger partial charge in [-0.05, 0) is 12.3 Å². The van der Waals surface area contributed by atoms with Crippen LogP contribution in [0.4, 0.5) is 0 Å². The van der Waals surface area contributed by atoms with E-state index in [9.17, 15) is 4.79 Å². The number of ether oxygens (including phenoxy) is 1. The van der Waals surface area contributed by atoms with Gasteiger partial charge in [-0.2, -0.15) is 0 Å². The number of hydrogen-bond acceptors (Lipinski definition) is 3. The molecule has 0 aliphatic heterocycles. The second-order valence-electron chi connectivity index (χ2n) is 3.98. The highest BCUT2D eigenvalue weighted by Crippen LogP contribution is 2.05. The molecule has 90 valence electrons. The summed E-state index contributed by atoms with van der Waals surface area (Å²) in [5.41, 5.74) is 5.82. The van der Waals surface area contributed by atoms with Crippen LogP contribution < -0.4 is 11.1 Å². The zero-order chi connectivity index (χ0) is 11.8. The lowest BCUT2D eigenvalue weighted by atomic mass is 9.99. The monoisotopic (exact) mass is 216 g/mol. The number of amides is 1. The molecular weight excluding hydrogens is 192 g/mol. The Morgan fingerprint density at radius 1 is 1.40 bits per heavy atom. The molecule has 0 fully saturated rings. The SMILES string of the molecule is CCC(COC)NC(=O)[C@@H](N)C(C)CC. The molecule has 3 atom stereocenters. The van der Waals surface area contributed by atoms with Crippen LogP contribution in [0.2, 0.25) is 0 Å². The molecule has 15 heavy (non-hydrogen) atoms. The molecule has 0 heterocycles. The quantitative estimate of drug-likeness (QED) is 0.664. The summed E-state index contributed by atoms with van der Waals surface area (Å²) in [6, 6.07) is -0.349. The Morgan fingerprint density at radius 2 is 2.00 bits per heavy atom. The summed E-state index contributed by atoms with van der Waals surface area (Å²) in [7, 11) is 1.63. The second kappa shape index (κ2) is 7.65. The van der Waals surface area contributed by atoms with Gasteiger partial charge in [0.25, 0.3) is 0 Å². The van der Waals surface area contributed by atoms with Gasteiger partial charge in [-0.25, -0.2) is 0 Å². The minimum Gasteiger partial charge on any atom is -0.383 e. The molecule has 0 saturated heterocycles. The molecular formula is C11H24N2O2. The van der Waals surface area contributed by atoms with Gasteiger partial charge in [0.05, 0.1) is 18.7 Å². The first kappa shape index (κ1) is 14.4. The molecule has 3 N–H and O–H groups in total. The molecule has 2 unspecified atom stereocenters. The number of nitrogens with one attached hydrogen (secondary N) is 1. The molecule has 0 rings (SSSR count). The zero-order valence-electron chi connectivity index (χ0n) is 10.2. The van der Waals surface area contributed by atoms with Crippen LogP contribution in [0.15, 0.2) is 0 Å². The predicted molar refractivity (Wildman–Crippen MR) is 61.5 cm³/mol. The molecule has 0 aliphatic carbocycles. The van der Waals surface area contributed by atoms with E-state index in [0.717, 1.165) is 12.8 Å². The minimum absolute atomic E-state index is 0.0672. The van der Waals surface area contributed by atoms with Crippen LogP contribution in [0, 0.1) is 5.92 Å². The molecule has 0 bridgehead atoms. The van der Waals surface area contributed by atoms with Crippen LogP contribution in [0.5, 0.6) is 0 Å². The third kappa shape index (κ3) is 5.14. The Labute approximate surface area is 92.6 Å². The fourth-order valence-electron chi connectivity index (χ4n) is 1.27. The van der Waals surface area contributed by atoms with Crippen LogP contribution in [-0.2, 0) is 9.53 Å². The van der Waals surface area contributed by atoms with Crippen LogP contribution in [0.25, 0.3) is 0 Å². The van der Waals surface area contributed by atoms with E-state index in [0.29, 0.717) is 6.61 Å². The van der Waals surface area contributed by atoms with E-state index < -0.39 is 6.04 Å². The topological polar surface area (TPSA) is 64.3 Å². The first-order valence-corrected chi connectivity index (χ1v) is 5.61. The molecule has 0 radical (unpaired) electrons. The van der Waals surface area contributed by atoms with Crippen LogP contribution >= 0.6 is 0 Å². The first-order valence-electron chi connectivity index (χ1n) is 5.61. The van der Waals surface area contributed by atoms with Crippen molar-refractivity contribution in [2.24, 2.45) is 11.7 Å². The van der Waals surface area contributed by atoms with E-state index >= 15 is 0 Å². The summed E-state index contributed by atoms with van der Waals surface area (Å²) in [5, 5.41) is 2.89. The molecule has 0 aromatic carbocycles. The number of carbonyl (C=O) groups is 1. The number of carbonyl (C=O) groups excluding carboxylic acids is 1. The third-order valence-corrected chi connectivity index (χ3v) is 2.77. The van der Waals surface area contributed by atoms with Crippen molar-refractivity contribution >= 4 is 5.91 Å². The maximum Gasteiger partial charge on any atom is 0.237 e. The fraction of sp³-hybridized carbons (Fsp3) is 0.909. The van der Waals surface area contributed by atoms with E-state index in [-0.39, 0.29) is 17.9 Å². The van der Waals surface area contributed by atoms with E-state index in [1.54, 1.807) is 7.11 Å². The molecule has 1 amide bonds. The summed E-state index contributed by atoms with van der Waals surface area (Å²) in [6.07, 6.45) is 1.77. The normalized spacial score (nSPS) is 16.9. The van der Waals surface area contributed by atoms with Gasteiger partial charge in [-0.15, -0.1) is 0 Å². The van der Waals surface area contributed by atoms with Crippen LogP contribution in [-0.4, -0.2) is 31.7 Å². The zero-order valence-corrected chi connectivity index (χ0v) is 10.2. The lowest BCUT2D eigenvalue weighted by molar-refractivity contribution is -0.124. The van der Waals surface area contributed by atoms with E-state index in [1.165, 1.54) is 0 Å². The van der Waals surface area contributed by atoms with Crippen molar-refractivity contribution in [1.29, 1.82) is 0 Å². The average molecular weight is 216 g/mol. The van der Waals surface area contributed by atoms with Gasteiger partial charge < -0.3 is 15.8 Å². The summed E-state index contributed by atoms with van der Waals surface area (Å²) >= 11 is 0. The third-order valence-electron chi connectivity index (χ3n) is 2.77. The number of rotatable bonds is 7. The highest BCUT2D eigenvalue weighted by Gasteiger charge is 2.21. The van der Waals surface area contributed by atoms with Gasteiger partial charge >= 0.3 is 0 Å². The summed E-state index contributed by atoms with van der Waals surface area (Å²) in [6.45, 7) is 6.57. The number of methoxy groups -OCH3 is 1. The summed E-state index contributed by atoms with van der Waals surface area (Å²) in [4.78, 5) is 11.7. The predicted octanol–water partition coefficient (Wildman–Crippen LogP) is 0.901. The fourth-order valence-corrected chi connectivity index (χ4v) is 1.27. The molecule has 0 spiro atoms. The highest BCUT2D eigenvalue weighted by atomic mass is 16.5. The molecule has 0 aromatic rings. The lowest BCUT2D eigenvalue weighted by Gasteiger charge is -2.22. The van der Waals surface area contributed by atoms with Gasteiger partial charge in [-0.1, -0.05) is 27.2 Å². The molecule has 4 heteroatoms. The van der Waals surface area contributed by atoms with E-state index in [1.807, 2.05) is 20.8 Å².